The summed E-state index contributed by atoms with van der Waals surface area (Å²) in [5, 5.41) is 0.679. The van der Waals surface area contributed by atoms with Crippen LogP contribution >= 0.6 is 11.6 Å². The van der Waals surface area contributed by atoms with Gasteiger partial charge in [-0.1, -0.05) is 23.7 Å². The number of ether oxygens (including phenoxy) is 1. The zero-order valence-electron chi connectivity index (χ0n) is 12.8. The average molecular weight is 303 g/mol. The molecule has 0 aliphatic carbocycles. The van der Waals surface area contributed by atoms with Gasteiger partial charge in [0.25, 0.3) is 0 Å². The average Bonchev–Trinajstić information content (AvgIpc) is 2.40. The SMILES string of the molecule is Cc1ccc(C(=O)COc2c(C)cc(Cl)cc2C)cc1C. The molecule has 110 valence electrons. The standard InChI is InChI=1S/C18H19ClO2/c1-11-5-6-15(7-12(11)2)17(20)10-21-18-13(3)8-16(19)9-14(18)4/h5-9H,10H2,1-4H3. The summed E-state index contributed by atoms with van der Waals surface area (Å²) in [6.45, 7) is 7.91. The van der Waals surface area contributed by atoms with Gasteiger partial charge in [-0.15, -0.1) is 0 Å². The van der Waals surface area contributed by atoms with Crippen LogP contribution in [-0.2, 0) is 0 Å². The molecule has 0 spiro atoms. The van der Waals surface area contributed by atoms with E-state index in [4.69, 9.17) is 16.3 Å². The van der Waals surface area contributed by atoms with Crippen LogP contribution in [0.2, 0.25) is 5.02 Å². The van der Waals surface area contributed by atoms with E-state index in [9.17, 15) is 4.79 Å². The summed E-state index contributed by atoms with van der Waals surface area (Å²) in [6.07, 6.45) is 0. The Hall–Kier alpha value is -1.80. The lowest BCUT2D eigenvalue weighted by Gasteiger charge is -2.12. The van der Waals surface area contributed by atoms with Crippen molar-refractivity contribution in [2.24, 2.45) is 0 Å². The highest BCUT2D eigenvalue weighted by molar-refractivity contribution is 6.30. The molecule has 0 aliphatic rings. The lowest BCUT2D eigenvalue weighted by molar-refractivity contribution is 0.0920. The maximum absolute atomic E-state index is 12.2. The summed E-state index contributed by atoms with van der Waals surface area (Å²) in [7, 11) is 0. The number of Topliss-reactive ketones (excluding diaryl/α,β-unsaturated/α-hetero) is 1. The van der Waals surface area contributed by atoms with Crippen molar-refractivity contribution in [1.29, 1.82) is 0 Å². The summed E-state index contributed by atoms with van der Waals surface area (Å²) in [5.41, 5.74) is 4.85. The molecular formula is C18H19ClO2. The topological polar surface area (TPSA) is 26.3 Å². The summed E-state index contributed by atoms with van der Waals surface area (Å²) in [5.74, 6) is 0.712. The first kappa shape index (κ1) is 15.6. The summed E-state index contributed by atoms with van der Waals surface area (Å²) in [4.78, 5) is 12.2. The van der Waals surface area contributed by atoms with Crippen molar-refractivity contribution in [1.82, 2.24) is 0 Å². The Balaban J connectivity index is 2.13. The summed E-state index contributed by atoms with van der Waals surface area (Å²) < 4.78 is 5.70. The van der Waals surface area contributed by atoms with E-state index in [1.807, 2.05) is 58.0 Å². The molecule has 0 amide bonds. The van der Waals surface area contributed by atoms with Crippen molar-refractivity contribution >= 4 is 17.4 Å². The first-order valence-electron chi connectivity index (χ1n) is 6.88. The molecule has 0 saturated carbocycles. The molecule has 2 aromatic rings. The minimum atomic E-state index is -0.0214. The van der Waals surface area contributed by atoms with Crippen LogP contribution in [0.5, 0.6) is 5.75 Å². The molecule has 0 aromatic heterocycles. The van der Waals surface area contributed by atoms with Gasteiger partial charge in [0, 0.05) is 10.6 Å². The maximum atomic E-state index is 12.2. The van der Waals surface area contributed by atoms with Gasteiger partial charge >= 0.3 is 0 Å². The van der Waals surface area contributed by atoms with E-state index in [2.05, 4.69) is 0 Å². The highest BCUT2D eigenvalue weighted by Gasteiger charge is 2.11. The number of halogens is 1. The van der Waals surface area contributed by atoms with E-state index in [0.29, 0.717) is 10.6 Å². The van der Waals surface area contributed by atoms with Crippen molar-refractivity contribution in [2.45, 2.75) is 27.7 Å². The minimum Gasteiger partial charge on any atom is -0.485 e. The highest BCUT2D eigenvalue weighted by atomic mass is 35.5. The molecular weight excluding hydrogens is 284 g/mol. The van der Waals surface area contributed by atoms with Gasteiger partial charge in [-0.25, -0.2) is 0 Å². The zero-order chi connectivity index (χ0) is 15.6. The molecule has 0 radical (unpaired) electrons. The van der Waals surface area contributed by atoms with Gasteiger partial charge in [0.05, 0.1) is 0 Å². The Morgan fingerprint density at radius 1 is 0.952 bits per heavy atom. The normalized spacial score (nSPS) is 10.5. The predicted molar refractivity (Wildman–Crippen MR) is 86.7 cm³/mol. The second-order valence-electron chi connectivity index (χ2n) is 5.38. The van der Waals surface area contributed by atoms with Gasteiger partial charge in [0.15, 0.2) is 12.4 Å². The third kappa shape index (κ3) is 3.64. The van der Waals surface area contributed by atoms with E-state index < -0.39 is 0 Å². The second kappa shape index (κ2) is 6.31. The maximum Gasteiger partial charge on any atom is 0.200 e. The number of aryl methyl sites for hydroxylation is 4. The molecule has 3 heteroatoms. The third-order valence-electron chi connectivity index (χ3n) is 3.60. The van der Waals surface area contributed by atoms with Crippen molar-refractivity contribution < 1.29 is 9.53 Å². The number of ketones is 1. The molecule has 0 N–H and O–H groups in total. The molecule has 2 aromatic carbocycles. The molecule has 0 saturated heterocycles. The molecule has 0 bridgehead atoms. The Bertz CT molecular complexity index is 667. The van der Waals surface area contributed by atoms with E-state index >= 15 is 0 Å². The predicted octanol–water partition coefficient (Wildman–Crippen LogP) is 4.84. The molecule has 2 rings (SSSR count). The van der Waals surface area contributed by atoms with Crippen molar-refractivity contribution in [3.05, 3.63) is 63.2 Å². The summed E-state index contributed by atoms with van der Waals surface area (Å²) in [6, 6.07) is 9.38. The van der Waals surface area contributed by atoms with Crippen LogP contribution in [0.3, 0.4) is 0 Å². The number of hydrogen-bond donors (Lipinski definition) is 0. The van der Waals surface area contributed by atoms with Gasteiger partial charge in [0.2, 0.25) is 0 Å². The first-order chi connectivity index (χ1) is 9.88. The van der Waals surface area contributed by atoms with Gasteiger partial charge < -0.3 is 4.74 Å². The zero-order valence-corrected chi connectivity index (χ0v) is 13.5. The Kier molecular flexibility index (Phi) is 4.69. The number of carbonyl (C=O) groups excluding carboxylic acids is 1. The van der Waals surface area contributed by atoms with E-state index in [-0.39, 0.29) is 12.4 Å². The van der Waals surface area contributed by atoms with Crippen molar-refractivity contribution in [2.75, 3.05) is 6.61 Å². The largest absolute Gasteiger partial charge is 0.485 e. The summed E-state index contributed by atoms with van der Waals surface area (Å²) >= 11 is 5.99. The number of hydrogen-bond acceptors (Lipinski definition) is 2. The minimum absolute atomic E-state index is 0.0214. The lowest BCUT2D eigenvalue weighted by atomic mass is 10.0. The van der Waals surface area contributed by atoms with Crippen molar-refractivity contribution in [3.8, 4) is 5.75 Å². The van der Waals surface area contributed by atoms with Gasteiger partial charge in [0.1, 0.15) is 5.75 Å². The molecule has 0 heterocycles. The fourth-order valence-electron chi connectivity index (χ4n) is 2.26. The smallest absolute Gasteiger partial charge is 0.200 e. The fourth-order valence-corrected chi connectivity index (χ4v) is 2.59. The van der Waals surface area contributed by atoms with Crippen LogP contribution in [0.15, 0.2) is 30.3 Å². The third-order valence-corrected chi connectivity index (χ3v) is 3.82. The van der Waals surface area contributed by atoms with E-state index in [1.165, 1.54) is 5.56 Å². The van der Waals surface area contributed by atoms with Crippen LogP contribution in [0, 0.1) is 27.7 Å². The van der Waals surface area contributed by atoms with Crippen LogP contribution in [0.1, 0.15) is 32.6 Å². The molecule has 0 atom stereocenters. The van der Waals surface area contributed by atoms with Crippen molar-refractivity contribution in [3.63, 3.8) is 0 Å². The molecule has 0 unspecified atom stereocenters. The van der Waals surface area contributed by atoms with Gasteiger partial charge in [-0.2, -0.15) is 0 Å². The molecule has 0 aliphatic heterocycles. The highest BCUT2D eigenvalue weighted by Crippen LogP contribution is 2.27. The van der Waals surface area contributed by atoms with Crippen LogP contribution in [-0.4, -0.2) is 12.4 Å². The quantitative estimate of drug-likeness (QED) is 0.756. The molecule has 21 heavy (non-hydrogen) atoms. The van der Waals surface area contributed by atoms with Gasteiger partial charge in [-0.3, -0.25) is 4.79 Å². The van der Waals surface area contributed by atoms with E-state index in [1.54, 1.807) is 0 Å². The van der Waals surface area contributed by atoms with Crippen LogP contribution in [0.25, 0.3) is 0 Å². The van der Waals surface area contributed by atoms with Gasteiger partial charge in [-0.05, 0) is 68.1 Å². The van der Waals surface area contributed by atoms with Crippen LogP contribution < -0.4 is 4.74 Å². The van der Waals surface area contributed by atoms with Crippen LogP contribution in [0.4, 0.5) is 0 Å². The Morgan fingerprint density at radius 3 is 2.14 bits per heavy atom. The van der Waals surface area contributed by atoms with E-state index in [0.717, 1.165) is 22.4 Å². The Morgan fingerprint density at radius 2 is 1.57 bits per heavy atom. The number of rotatable bonds is 4. The molecule has 2 nitrogen and oxygen atoms in total. The molecule has 0 fully saturated rings. The first-order valence-corrected chi connectivity index (χ1v) is 7.26. The lowest BCUT2D eigenvalue weighted by Crippen LogP contribution is -2.13. The number of benzene rings is 2. The monoisotopic (exact) mass is 302 g/mol. The second-order valence-corrected chi connectivity index (χ2v) is 5.82. The number of carbonyl (C=O) groups is 1. The fraction of sp³-hybridized carbons (Fsp3) is 0.278. The Labute approximate surface area is 130 Å².